The maximum Gasteiger partial charge on any atom is 0.346 e. The molecule has 19 heavy (non-hydrogen) atoms. The van der Waals surface area contributed by atoms with Gasteiger partial charge in [-0.2, -0.15) is 0 Å². The summed E-state index contributed by atoms with van der Waals surface area (Å²) in [6.07, 6.45) is 4.43. The van der Waals surface area contributed by atoms with Crippen molar-refractivity contribution >= 4 is 5.82 Å². The molecule has 0 aliphatic carbocycles. The summed E-state index contributed by atoms with van der Waals surface area (Å²) in [6.45, 7) is 0. The summed E-state index contributed by atoms with van der Waals surface area (Å²) in [4.78, 5) is 23.6. The van der Waals surface area contributed by atoms with Gasteiger partial charge in [-0.3, -0.25) is 9.36 Å². The predicted octanol–water partition coefficient (Wildman–Crippen LogP) is -0.826. The van der Waals surface area contributed by atoms with E-state index in [-0.39, 0.29) is 17.4 Å². The monoisotopic (exact) mass is 265 g/mol. The van der Waals surface area contributed by atoms with Crippen molar-refractivity contribution in [2.75, 3.05) is 5.32 Å². The summed E-state index contributed by atoms with van der Waals surface area (Å²) < 4.78 is 2.28. The largest absolute Gasteiger partial charge is 0.361 e. The second-order valence-electron chi connectivity index (χ2n) is 5.57. The van der Waals surface area contributed by atoms with E-state index in [1.54, 1.807) is 7.05 Å². The minimum Gasteiger partial charge on any atom is -0.361 e. The van der Waals surface area contributed by atoms with E-state index < -0.39 is 5.69 Å². The summed E-state index contributed by atoms with van der Waals surface area (Å²) >= 11 is 0. The molecule has 0 spiro atoms. The van der Waals surface area contributed by atoms with Crippen LogP contribution in [0.25, 0.3) is 0 Å². The van der Waals surface area contributed by atoms with Gasteiger partial charge in [0.25, 0.3) is 5.56 Å². The first-order valence-corrected chi connectivity index (χ1v) is 6.71. The maximum atomic E-state index is 12.0. The molecule has 2 atom stereocenters. The van der Waals surface area contributed by atoms with E-state index in [1.807, 2.05) is 0 Å². The molecule has 0 saturated carbocycles. The number of aromatic nitrogens is 3. The molecule has 2 N–H and O–H groups in total. The molecule has 2 unspecified atom stereocenters. The van der Waals surface area contributed by atoms with Crippen LogP contribution in [0.3, 0.4) is 0 Å². The second-order valence-corrected chi connectivity index (χ2v) is 5.57. The third kappa shape index (κ3) is 2.18. The molecule has 1 aromatic heterocycles. The predicted molar refractivity (Wildman–Crippen MR) is 71.3 cm³/mol. The van der Waals surface area contributed by atoms with Gasteiger partial charge < -0.3 is 10.6 Å². The first-order valence-electron chi connectivity index (χ1n) is 6.71. The van der Waals surface area contributed by atoms with Gasteiger partial charge >= 0.3 is 5.69 Å². The van der Waals surface area contributed by atoms with Crippen molar-refractivity contribution in [3.05, 3.63) is 20.8 Å². The van der Waals surface area contributed by atoms with Crippen molar-refractivity contribution < 1.29 is 0 Å². The number of rotatable bonds is 2. The lowest BCUT2D eigenvalue weighted by Gasteiger charge is -2.29. The average Bonchev–Trinajstić information content (AvgIpc) is 2.73. The van der Waals surface area contributed by atoms with E-state index in [9.17, 15) is 9.59 Å². The zero-order valence-electron chi connectivity index (χ0n) is 11.2. The van der Waals surface area contributed by atoms with Gasteiger partial charge in [0.2, 0.25) is 5.82 Å². The molecule has 7 heteroatoms. The number of piperidine rings is 1. The SMILES string of the molecule is Cn1nc(NC2CC3CCC(C2)N3)c(=O)n(C)c1=O. The third-order valence-corrected chi connectivity index (χ3v) is 4.13. The molecule has 3 heterocycles. The Balaban J connectivity index is 1.84. The van der Waals surface area contributed by atoms with Gasteiger partial charge in [-0.15, -0.1) is 5.10 Å². The van der Waals surface area contributed by atoms with Gasteiger partial charge in [-0.05, 0) is 25.7 Å². The number of hydrogen-bond donors (Lipinski definition) is 2. The van der Waals surface area contributed by atoms with Crippen LogP contribution in [0.2, 0.25) is 0 Å². The summed E-state index contributed by atoms with van der Waals surface area (Å²) in [5, 5.41) is 10.8. The number of fused-ring (bicyclic) bond motifs is 2. The highest BCUT2D eigenvalue weighted by atomic mass is 16.2. The fourth-order valence-electron chi connectivity index (χ4n) is 3.16. The minimum absolute atomic E-state index is 0.261. The highest BCUT2D eigenvalue weighted by molar-refractivity contribution is 5.31. The van der Waals surface area contributed by atoms with Crippen molar-refractivity contribution in [3.63, 3.8) is 0 Å². The van der Waals surface area contributed by atoms with E-state index in [2.05, 4.69) is 15.7 Å². The van der Waals surface area contributed by atoms with Crippen LogP contribution in [0.4, 0.5) is 5.82 Å². The molecular formula is C12H19N5O2. The molecular weight excluding hydrogens is 246 g/mol. The molecule has 2 saturated heterocycles. The molecule has 3 rings (SSSR count). The zero-order valence-corrected chi connectivity index (χ0v) is 11.2. The van der Waals surface area contributed by atoms with Gasteiger partial charge in [0, 0.05) is 32.2 Å². The smallest absolute Gasteiger partial charge is 0.346 e. The molecule has 0 aromatic carbocycles. The molecule has 2 bridgehead atoms. The van der Waals surface area contributed by atoms with Gasteiger partial charge in [0.15, 0.2) is 0 Å². The van der Waals surface area contributed by atoms with Crippen molar-refractivity contribution in [1.29, 1.82) is 0 Å². The van der Waals surface area contributed by atoms with E-state index in [0.717, 1.165) is 17.4 Å². The summed E-state index contributed by atoms with van der Waals surface area (Å²) in [7, 11) is 3.03. The number of anilines is 1. The standard InChI is InChI=1S/C12H19N5O2/c1-16-11(18)10(15-17(2)12(16)19)14-9-5-7-3-4-8(6-9)13-7/h7-9,13H,3-6H2,1-2H3,(H,14,15). The molecule has 0 amide bonds. The van der Waals surface area contributed by atoms with Crippen molar-refractivity contribution in [2.45, 2.75) is 43.8 Å². The molecule has 7 nitrogen and oxygen atoms in total. The summed E-state index contributed by atoms with van der Waals surface area (Å²) in [5.74, 6) is 0.274. The van der Waals surface area contributed by atoms with Crippen LogP contribution < -0.4 is 21.9 Å². The quantitative estimate of drug-likeness (QED) is 0.730. The molecule has 2 aliphatic rings. The highest BCUT2D eigenvalue weighted by Crippen LogP contribution is 2.27. The Kier molecular flexibility index (Phi) is 2.93. The number of hydrogen-bond acceptors (Lipinski definition) is 5. The Morgan fingerprint density at radius 2 is 1.84 bits per heavy atom. The zero-order chi connectivity index (χ0) is 13.6. The van der Waals surface area contributed by atoms with E-state index in [4.69, 9.17) is 0 Å². The Morgan fingerprint density at radius 3 is 2.47 bits per heavy atom. The van der Waals surface area contributed by atoms with Crippen LogP contribution in [0.5, 0.6) is 0 Å². The Labute approximate surface area is 110 Å². The van der Waals surface area contributed by atoms with Gasteiger partial charge in [-0.25, -0.2) is 9.48 Å². The summed E-state index contributed by atoms with van der Waals surface area (Å²) in [5.41, 5.74) is -0.755. The van der Waals surface area contributed by atoms with E-state index in [1.165, 1.54) is 24.6 Å². The Hall–Kier alpha value is -1.63. The van der Waals surface area contributed by atoms with Gasteiger partial charge in [0.1, 0.15) is 0 Å². The van der Waals surface area contributed by atoms with Crippen LogP contribution in [-0.4, -0.2) is 32.5 Å². The normalized spacial score (nSPS) is 29.5. The number of nitrogens with zero attached hydrogens (tertiary/aromatic N) is 3. The molecule has 0 radical (unpaired) electrons. The molecule has 104 valence electrons. The van der Waals surface area contributed by atoms with Crippen LogP contribution in [-0.2, 0) is 14.1 Å². The fourth-order valence-corrected chi connectivity index (χ4v) is 3.16. The van der Waals surface area contributed by atoms with E-state index >= 15 is 0 Å². The van der Waals surface area contributed by atoms with Crippen LogP contribution in [0.15, 0.2) is 9.59 Å². The average molecular weight is 265 g/mol. The molecule has 1 aromatic rings. The number of aryl methyl sites for hydroxylation is 1. The maximum absolute atomic E-state index is 12.0. The first-order chi connectivity index (χ1) is 9.04. The van der Waals surface area contributed by atoms with E-state index in [0.29, 0.717) is 12.1 Å². The van der Waals surface area contributed by atoms with Crippen molar-refractivity contribution in [3.8, 4) is 0 Å². The van der Waals surface area contributed by atoms with Crippen LogP contribution in [0.1, 0.15) is 25.7 Å². The van der Waals surface area contributed by atoms with Gasteiger partial charge in [0.05, 0.1) is 0 Å². The molecule has 2 aliphatic heterocycles. The van der Waals surface area contributed by atoms with Crippen LogP contribution >= 0.6 is 0 Å². The lowest BCUT2D eigenvalue weighted by Crippen LogP contribution is -2.46. The Morgan fingerprint density at radius 1 is 1.21 bits per heavy atom. The molecule has 2 fully saturated rings. The summed E-state index contributed by atoms with van der Waals surface area (Å²) in [6, 6.07) is 1.36. The lowest BCUT2D eigenvalue weighted by molar-refractivity contribution is 0.376. The van der Waals surface area contributed by atoms with Crippen LogP contribution in [0, 0.1) is 0 Å². The topological polar surface area (TPSA) is 81.0 Å². The number of nitrogens with one attached hydrogen (secondary N) is 2. The second kappa shape index (κ2) is 4.48. The van der Waals surface area contributed by atoms with Crippen molar-refractivity contribution in [1.82, 2.24) is 19.7 Å². The van der Waals surface area contributed by atoms with Gasteiger partial charge in [-0.1, -0.05) is 0 Å². The highest BCUT2D eigenvalue weighted by Gasteiger charge is 2.33. The first kappa shape index (κ1) is 12.4. The van der Waals surface area contributed by atoms with Crippen molar-refractivity contribution in [2.24, 2.45) is 14.1 Å². The lowest BCUT2D eigenvalue weighted by atomic mass is 10.00. The minimum atomic E-state index is -0.402. The fraction of sp³-hybridized carbons (Fsp3) is 0.750. The third-order valence-electron chi connectivity index (χ3n) is 4.13. The Bertz CT molecular complexity index is 593.